The summed E-state index contributed by atoms with van der Waals surface area (Å²) in [5.41, 5.74) is 2.28. The monoisotopic (exact) mass is 403 g/mol. The number of rotatable bonds is 6. The second kappa shape index (κ2) is 8.17. The number of carboxylic acid groups (broad SMARTS) is 1. The maximum atomic E-state index is 12.2. The quantitative estimate of drug-likeness (QED) is 0.603. The molecule has 0 amide bonds. The molecule has 29 heavy (non-hydrogen) atoms. The van der Waals surface area contributed by atoms with Crippen molar-refractivity contribution in [1.29, 1.82) is 0 Å². The largest absolute Gasteiger partial charge is 0.573 e. The summed E-state index contributed by atoms with van der Waals surface area (Å²) in [6.07, 6.45) is -1.29. The van der Waals surface area contributed by atoms with Gasteiger partial charge in [-0.05, 0) is 42.3 Å². The van der Waals surface area contributed by atoms with Crippen molar-refractivity contribution >= 4 is 12.0 Å². The average Bonchev–Trinajstić information content (AvgIpc) is 3.16. The van der Waals surface area contributed by atoms with Gasteiger partial charge in [-0.3, -0.25) is 0 Å². The zero-order valence-electron chi connectivity index (χ0n) is 15.2. The average molecular weight is 403 g/mol. The number of nitrogens with zero attached hydrogens (tertiary/aromatic N) is 3. The number of hydrogen-bond acceptors (Lipinski definition) is 4. The minimum atomic E-state index is -4.74. The zero-order valence-corrected chi connectivity index (χ0v) is 15.2. The molecule has 3 aromatic rings. The summed E-state index contributed by atoms with van der Waals surface area (Å²) in [5.74, 6) is -0.855. The zero-order chi connectivity index (χ0) is 21.0. The van der Waals surface area contributed by atoms with E-state index in [1.807, 2.05) is 0 Å². The van der Waals surface area contributed by atoms with Crippen molar-refractivity contribution in [3.05, 3.63) is 66.0 Å². The van der Waals surface area contributed by atoms with E-state index in [-0.39, 0.29) is 5.75 Å². The Kier molecular flexibility index (Phi) is 5.67. The summed E-state index contributed by atoms with van der Waals surface area (Å²) < 4.78 is 42.0. The van der Waals surface area contributed by atoms with Crippen LogP contribution in [0.2, 0.25) is 0 Å². The lowest BCUT2D eigenvalue weighted by Crippen LogP contribution is -2.17. The molecular weight excluding hydrogens is 387 g/mol. The van der Waals surface area contributed by atoms with Gasteiger partial charge in [0.2, 0.25) is 0 Å². The molecule has 0 fully saturated rings. The number of aliphatic carboxylic acids is 1. The summed E-state index contributed by atoms with van der Waals surface area (Å²) in [6, 6.07) is 12.3. The Labute approximate surface area is 163 Å². The summed E-state index contributed by atoms with van der Waals surface area (Å²) in [6.45, 7) is 1.77. The SMILES string of the molecule is CC/C(=C/c1ccc(-c2ncn(-c3ccc(OC(F)(F)F)cc3)n2)cc1)C(=O)O. The molecule has 3 rings (SSSR count). The van der Waals surface area contributed by atoms with E-state index in [2.05, 4.69) is 14.8 Å². The molecule has 150 valence electrons. The molecule has 0 aliphatic rings. The van der Waals surface area contributed by atoms with E-state index in [1.54, 1.807) is 37.3 Å². The minimum absolute atomic E-state index is 0.304. The van der Waals surface area contributed by atoms with Gasteiger partial charge in [0.1, 0.15) is 12.1 Å². The van der Waals surface area contributed by atoms with Crippen molar-refractivity contribution in [2.45, 2.75) is 19.7 Å². The lowest BCUT2D eigenvalue weighted by Gasteiger charge is -2.09. The Balaban J connectivity index is 1.77. The van der Waals surface area contributed by atoms with Gasteiger partial charge >= 0.3 is 12.3 Å². The molecule has 6 nitrogen and oxygen atoms in total. The Morgan fingerprint density at radius 3 is 2.34 bits per heavy atom. The van der Waals surface area contributed by atoms with E-state index in [1.165, 1.54) is 35.3 Å². The van der Waals surface area contributed by atoms with Gasteiger partial charge in [0.15, 0.2) is 5.82 Å². The number of alkyl halides is 3. The van der Waals surface area contributed by atoms with Crippen molar-refractivity contribution in [3.8, 4) is 22.8 Å². The first-order valence-corrected chi connectivity index (χ1v) is 8.57. The molecule has 9 heteroatoms. The van der Waals surface area contributed by atoms with Crippen LogP contribution in [0.4, 0.5) is 13.2 Å². The first kappa shape index (κ1) is 20.1. The molecule has 1 N–H and O–H groups in total. The predicted molar refractivity (Wildman–Crippen MR) is 99.4 cm³/mol. The van der Waals surface area contributed by atoms with Crippen LogP contribution in [0.3, 0.4) is 0 Å². The van der Waals surface area contributed by atoms with Gasteiger partial charge in [-0.1, -0.05) is 31.2 Å². The smallest absolute Gasteiger partial charge is 0.478 e. The third-order valence-corrected chi connectivity index (χ3v) is 3.99. The van der Waals surface area contributed by atoms with Gasteiger partial charge in [0.25, 0.3) is 0 Å². The third-order valence-electron chi connectivity index (χ3n) is 3.99. The number of carboxylic acids is 1. The van der Waals surface area contributed by atoms with Crippen molar-refractivity contribution in [2.24, 2.45) is 0 Å². The predicted octanol–water partition coefficient (Wildman–Crippen LogP) is 4.71. The molecule has 0 spiro atoms. The first-order valence-electron chi connectivity index (χ1n) is 8.57. The van der Waals surface area contributed by atoms with Crippen molar-refractivity contribution in [2.75, 3.05) is 0 Å². The number of carbonyl (C=O) groups is 1. The standard InChI is InChI=1S/C20H16F3N3O3/c1-2-14(19(27)28)11-13-3-5-15(6-4-13)18-24-12-26(25-18)16-7-9-17(10-8-16)29-20(21,22)23/h3-12H,2H2,1H3,(H,27,28)/b14-11-. The van der Waals surface area contributed by atoms with Crippen LogP contribution in [0.15, 0.2) is 60.4 Å². The molecule has 0 aliphatic carbocycles. The molecular formula is C20H16F3N3O3. The fraction of sp³-hybridized carbons (Fsp3) is 0.150. The van der Waals surface area contributed by atoms with Crippen molar-refractivity contribution in [1.82, 2.24) is 14.8 Å². The molecule has 1 aromatic heterocycles. The first-order chi connectivity index (χ1) is 13.7. The van der Waals surface area contributed by atoms with E-state index in [9.17, 15) is 18.0 Å². The summed E-state index contributed by atoms with van der Waals surface area (Å²) in [4.78, 5) is 15.3. The second-order valence-corrected chi connectivity index (χ2v) is 6.00. The Morgan fingerprint density at radius 1 is 1.14 bits per heavy atom. The van der Waals surface area contributed by atoms with E-state index >= 15 is 0 Å². The number of aromatic nitrogens is 3. The highest BCUT2D eigenvalue weighted by molar-refractivity contribution is 5.92. The summed E-state index contributed by atoms with van der Waals surface area (Å²) >= 11 is 0. The van der Waals surface area contributed by atoms with Gasteiger partial charge in [-0.15, -0.1) is 18.3 Å². The van der Waals surface area contributed by atoms with Crippen molar-refractivity contribution in [3.63, 3.8) is 0 Å². The van der Waals surface area contributed by atoms with Gasteiger partial charge < -0.3 is 9.84 Å². The van der Waals surface area contributed by atoms with E-state index in [0.29, 0.717) is 29.1 Å². The van der Waals surface area contributed by atoms with Crippen LogP contribution < -0.4 is 4.74 Å². The normalized spacial score (nSPS) is 12.1. The van der Waals surface area contributed by atoms with Crippen LogP contribution in [0, 0.1) is 0 Å². The molecule has 0 aliphatic heterocycles. The molecule has 0 saturated carbocycles. The van der Waals surface area contributed by atoms with Crippen LogP contribution in [0.1, 0.15) is 18.9 Å². The highest BCUT2D eigenvalue weighted by Crippen LogP contribution is 2.24. The number of benzene rings is 2. The van der Waals surface area contributed by atoms with Crippen LogP contribution in [-0.4, -0.2) is 32.2 Å². The number of halogens is 3. The lowest BCUT2D eigenvalue weighted by molar-refractivity contribution is -0.274. The second-order valence-electron chi connectivity index (χ2n) is 6.00. The Morgan fingerprint density at radius 2 is 1.79 bits per heavy atom. The summed E-state index contributed by atoms with van der Waals surface area (Å²) in [5, 5.41) is 13.4. The third kappa shape index (κ3) is 5.22. The van der Waals surface area contributed by atoms with E-state index in [4.69, 9.17) is 5.11 Å². The fourth-order valence-corrected chi connectivity index (χ4v) is 2.56. The molecule has 0 radical (unpaired) electrons. The molecule has 2 aromatic carbocycles. The van der Waals surface area contributed by atoms with E-state index in [0.717, 1.165) is 5.56 Å². The topological polar surface area (TPSA) is 77.2 Å². The number of ether oxygens (including phenoxy) is 1. The molecule has 0 atom stereocenters. The van der Waals surface area contributed by atoms with Crippen LogP contribution >= 0.6 is 0 Å². The molecule has 0 unspecified atom stereocenters. The molecule has 0 bridgehead atoms. The van der Waals surface area contributed by atoms with Crippen LogP contribution in [0.25, 0.3) is 23.2 Å². The maximum absolute atomic E-state index is 12.2. The Hall–Kier alpha value is -3.62. The minimum Gasteiger partial charge on any atom is -0.478 e. The highest BCUT2D eigenvalue weighted by atomic mass is 19.4. The van der Waals surface area contributed by atoms with Gasteiger partial charge in [-0.25, -0.2) is 14.5 Å². The fourth-order valence-electron chi connectivity index (χ4n) is 2.56. The van der Waals surface area contributed by atoms with Gasteiger partial charge in [0, 0.05) is 11.1 Å². The van der Waals surface area contributed by atoms with Gasteiger partial charge in [0.05, 0.1) is 5.69 Å². The van der Waals surface area contributed by atoms with E-state index < -0.39 is 12.3 Å². The maximum Gasteiger partial charge on any atom is 0.573 e. The number of hydrogen-bond donors (Lipinski definition) is 1. The van der Waals surface area contributed by atoms with Crippen LogP contribution in [-0.2, 0) is 4.79 Å². The van der Waals surface area contributed by atoms with Crippen LogP contribution in [0.5, 0.6) is 5.75 Å². The summed E-state index contributed by atoms with van der Waals surface area (Å²) in [7, 11) is 0. The lowest BCUT2D eigenvalue weighted by atomic mass is 10.1. The van der Waals surface area contributed by atoms with Gasteiger partial charge in [-0.2, -0.15) is 0 Å². The van der Waals surface area contributed by atoms with Crippen molar-refractivity contribution < 1.29 is 27.8 Å². The molecule has 0 saturated heterocycles. The molecule has 1 heterocycles. The Bertz CT molecular complexity index is 1020. The highest BCUT2D eigenvalue weighted by Gasteiger charge is 2.31.